The molecule has 0 saturated heterocycles. The summed E-state index contributed by atoms with van der Waals surface area (Å²) in [6.07, 6.45) is 0.868. The molecule has 3 aromatic carbocycles. The maximum absolute atomic E-state index is 13.3. The maximum atomic E-state index is 13.3. The molecule has 4 rings (SSSR count). The van der Waals surface area contributed by atoms with Crippen molar-refractivity contribution in [3.8, 4) is 0 Å². The lowest BCUT2D eigenvalue weighted by Gasteiger charge is -2.23. The largest absolute Gasteiger partial charge is 0.354 e. The van der Waals surface area contributed by atoms with Crippen LogP contribution in [0.4, 0.5) is 17.1 Å². The van der Waals surface area contributed by atoms with Crippen molar-refractivity contribution in [1.29, 1.82) is 0 Å². The van der Waals surface area contributed by atoms with Crippen molar-refractivity contribution in [2.45, 2.75) is 20.3 Å². The zero-order valence-corrected chi connectivity index (χ0v) is 22.9. The number of fused-ring (bicyclic) bond motifs is 1. The summed E-state index contributed by atoms with van der Waals surface area (Å²) in [5.41, 5.74) is 5.41. The van der Waals surface area contributed by atoms with E-state index in [1.165, 1.54) is 0 Å². The van der Waals surface area contributed by atoms with Gasteiger partial charge in [-0.05, 0) is 75.9 Å². The van der Waals surface area contributed by atoms with E-state index in [0.29, 0.717) is 35.6 Å². The number of carbonyl (C=O) groups is 3. The van der Waals surface area contributed by atoms with Crippen LogP contribution in [0.5, 0.6) is 0 Å². The van der Waals surface area contributed by atoms with Crippen LogP contribution in [0.3, 0.4) is 0 Å². The minimum atomic E-state index is -0.246. The summed E-state index contributed by atoms with van der Waals surface area (Å²) in [4.78, 5) is 41.8. The summed E-state index contributed by atoms with van der Waals surface area (Å²) in [7, 11) is 4.03. The van der Waals surface area contributed by atoms with Crippen molar-refractivity contribution in [2.75, 3.05) is 49.3 Å². The van der Waals surface area contributed by atoms with E-state index in [4.69, 9.17) is 0 Å². The molecular weight excluding hydrogens is 490 g/mol. The van der Waals surface area contributed by atoms with Crippen molar-refractivity contribution in [1.82, 2.24) is 10.2 Å². The average Bonchev–Trinajstić information content (AvgIpc) is 3.25. The number of benzene rings is 3. The standard InChI is InChI=1S/C31H35N5O3/c1-5-32-30(38)23-12-17-26-27(20-23)34-31(39)28(26)29(22-10-7-6-8-11-22)33-24-13-15-25(16-14-24)36(21(2)37)19-9-18-35(3)4/h6-8,10-17,20,33H,5,9,18-19H2,1-4H3,(H,32,38)(H,34,39)/b29-28-. The van der Waals surface area contributed by atoms with Gasteiger partial charge in [-0.3, -0.25) is 14.4 Å². The summed E-state index contributed by atoms with van der Waals surface area (Å²) in [6.45, 7) is 5.49. The van der Waals surface area contributed by atoms with Gasteiger partial charge in [0.2, 0.25) is 5.91 Å². The Labute approximate surface area is 229 Å². The zero-order valence-electron chi connectivity index (χ0n) is 22.9. The van der Waals surface area contributed by atoms with Crippen molar-refractivity contribution >= 4 is 46.1 Å². The van der Waals surface area contributed by atoms with Gasteiger partial charge in [0.05, 0.1) is 11.3 Å². The molecule has 0 unspecified atom stereocenters. The van der Waals surface area contributed by atoms with Gasteiger partial charge in [0.15, 0.2) is 0 Å². The van der Waals surface area contributed by atoms with E-state index in [1.54, 1.807) is 30.0 Å². The summed E-state index contributed by atoms with van der Waals surface area (Å²) in [5.74, 6) is -0.438. The van der Waals surface area contributed by atoms with E-state index < -0.39 is 0 Å². The van der Waals surface area contributed by atoms with Crippen LogP contribution < -0.4 is 20.9 Å². The topological polar surface area (TPSA) is 93.8 Å². The van der Waals surface area contributed by atoms with Crippen LogP contribution in [0.2, 0.25) is 0 Å². The molecule has 1 heterocycles. The van der Waals surface area contributed by atoms with Crippen LogP contribution in [0.25, 0.3) is 11.3 Å². The second kappa shape index (κ2) is 12.4. The normalized spacial score (nSPS) is 13.5. The van der Waals surface area contributed by atoms with Crippen molar-refractivity contribution in [3.05, 3.63) is 89.5 Å². The number of nitrogens with zero attached hydrogens (tertiary/aromatic N) is 2. The van der Waals surface area contributed by atoms with E-state index in [-0.39, 0.29) is 17.7 Å². The van der Waals surface area contributed by atoms with E-state index in [0.717, 1.165) is 35.5 Å². The van der Waals surface area contributed by atoms with Gasteiger partial charge in [-0.15, -0.1) is 0 Å². The fourth-order valence-electron chi connectivity index (χ4n) is 4.59. The Morgan fingerprint density at radius 3 is 2.26 bits per heavy atom. The second-order valence-electron chi connectivity index (χ2n) is 9.69. The molecule has 3 aromatic rings. The van der Waals surface area contributed by atoms with E-state index in [2.05, 4.69) is 20.9 Å². The van der Waals surface area contributed by atoms with Gasteiger partial charge in [-0.1, -0.05) is 36.4 Å². The molecule has 0 fully saturated rings. The predicted octanol–water partition coefficient (Wildman–Crippen LogP) is 4.67. The summed E-state index contributed by atoms with van der Waals surface area (Å²) < 4.78 is 0. The molecule has 8 nitrogen and oxygen atoms in total. The highest BCUT2D eigenvalue weighted by atomic mass is 16.2. The summed E-state index contributed by atoms with van der Waals surface area (Å²) in [5, 5.41) is 9.16. The number of nitrogens with one attached hydrogen (secondary N) is 3. The van der Waals surface area contributed by atoms with Gasteiger partial charge in [0.25, 0.3) is 11.8 Å². The number of anilines is 3. The Morgan fingerprint density at radius 1 is 0.897 bits per heavy atom. The smallest absolute Gasteiger partial charge is 0.258 e. The van der Waals surface area contributed by atoms with Crippen LogP contribution in [0.15, 0.2) is 72.8 Å². The first kappa shape index (κ1) is 27.6. The molecule has 0 spiro atoms. The van der Waals surface area contributed by atoms with Crippen LogP contribution in [0.1, 0.15) is 41.8 Å². The first-order valence-electron chi connectivity index (χ1n) is 13.1. The SMILES string of the molecule is CCNC(=O)c1ccc2c(c1)NC(=O)/C2=C(\Nc1ccc(N(CCCN(C)C)C(C)=O)cc1)c1ccccc1. The molecule has 3 amide bonds. The molecule has 0 aliphatic carbocycles. The van der Waals surface area contributed by atoms with Crippen LogP contribution in [-0.4, -0.2) is 56.4 Å². The maximum Gasteiger partial charge on any atom is 0.258 e. The Morgan fingerprint density at radius 2 is 1.62 bits per heavy atom. The van der Waals surface area contributed by atoms with Crippen LogP contribution in [-0.2, 0) is 9.59 Å². The molecule has 1 aliphatic heterocycles. The van der Waals surface area contributed by atoms with Gasteiger partial charge in [-0.2, -0.15) is 0 Å². The molecule has 1 aliphatic rings. The van der Waals surface area contributed by atoms with Crippen molar-refractivity contribution in [3.63, 3.8) is 0 Å². The number of carbonyl (C=O) groups excluding carboxylic acids is 3. The Bertz CT molecular complexity index is 1380. The summed E-state index contributed by atoms with van der Waals surface area (Å²) in [6, 6.07) is 22.5. The molecular formula is C31H35N5O3. The fourth-order valence-corrected chi connectivity index (χ4v) is 4.59. The van der Waals surface area contributed by atoms with Crippen LogP contribution >= 0.6 is 0 Å². The van der Waals surface area contributed by atoms with E-state index in [9.17, 15) is 14.4 Å². The Balaban J connectivity index is 1.67. The van der Waals surface area contributed by atoms with Crippen molar-refractivity contribution in [2.24, 2.45) is 0 Å². The molecule has 0 aromatic heterocycles. The molecule has 39 heavy (non-hydrogen) atoms. The lowest BCUT2D eigenvalue weighted by atomic mass is 9.99. The van der Waals surface area contributed by atoms with Gasteiger partial charge in [0, 0.05) is 48.2 Å². The quantitative estimate of drug-likeness (QED) is 0.335. The second-order valence-corrected chi connectivity index (χ2v) is 9.69. The van der Waals surface area contributed by atoms with Gasteiger partial charge in [0.1, 0.15) is 0 Å². The van der Waals surface area contributed by atoms with E-state index >= 15 is 0 Å². The van der Waals surface area contributed by atoms with Gasteiger partial charge < -0.3 is 25.8 Å². The highest BCUT2D eigenvalue weighted by Crippen LogP contribution is 2.38. The van der Waals surface area contributed by atoms with Gasteiger partial charge in [-0.25, -0.2) is 0 Å². The predicted molar refractivity (Wildman–Crippen MR) is 158 cm³/mol. The zero-order chi connectivity index (χ0) is 27.9. The highest BCUT2D eigenvalue weighted by Gasteiger charge is 2.29. The highest BCUT2D eigenvalue weighted by molar-refractivity contribution is 6.37. The molecule has 0 atom stereocenters. The third kappa shape index (κ3) is 6.53. The molecule has 8 heteroatoms. The number of hydrogen-bond acceptors (Lipinski definition) is 5. The van der Waals surface area contributed by atoms with Gasteiger partial charge >= 0.3 is 0 Å². The lowest BCUT2D eigenvalue weighted by Crippen LogP contribution is -2.31. The Hall–Kier alpha value is -4.43. The monoisotopic (exact) mass is 525 g/mol. The average molecular weight is 526 g/mol. The minimum Gasteiger partial charge on any atom is -0.354 e. The number of hydrogen-bond donors (Lipinski definition) is 3. The van der Waals surface area contributed by atoms with Crippen LogP contribution in [0, 0.1) is 0 Å². The fraction of sp³-hybridized carbons (Fsp3) is 0.258. The molecule has 0 bridgehead atoms. The summed E-state index contributed by atoms with van der Waals surface area (Å²) >= 11 is 0. The third-order valence-electron chi connectivity index (χ3n) is 6.49. The number of rotatable bonds is 10. The Kier molecular flexibility index (Phi) is 8.78. The lowest BCUT2D eigenvalue weighted by molar-refractivity contribution is -0.116. The first-order valence-corrected chi connectivity index (χ1v) is 13.1. The minimum absolute atomic E-state index is 0.00669. The van der Waals surface area contributed by atoms with E-state index in [1.807, 2.05) is 75.6 Å². The molecule has 0 radical (unpaired) electrons. The molecule has 0 saturated carbocycles. The molecule has 202 valence electrons. The number of amides is 3. The first-order chi connectivity index (χ1) is 18.8. The third-order valence-corrected chi connectivity index (χ3v) is 6.49. The molecule has 3 N–H and O–H groups in total. The van der Waals surface area contributed by atoms with Crippen molar-refractivity contribution < 1.29 is 14.4 Å².